The van der Waals surface area contributed by atoms with Gasteiger partial charge in [0, 0.05) is 24.5 Å². The Kier molecular flexibility index (Phi) is 3.77. The van der Waals surface area contributed by atoms with Crippen molar-refractivity contribution in [1.82, 2.24) is 15.3 Å². The molecule has 1 aromatic heterocycles. The van der Waals surface area contributed by atoms with Gasteiger partial charge in [0.05, 0.1) is 0 Å². The molecule has 7 nitrogen and oxygen atoms in total. The molecule has 0 aliphatic carbocycles. The first kappa shape index (κ1) is 12.6. The molecule has 19 heavy (non-hydrogen) atoms. The number of nitrogens with two attached hydrogens (primary N) is 1. The van der Waals surface area contributed by atoms with Crippen LogP contribution >= 0.6 is 0 Å². The Morgan fingerprint density at radius 2 is 2.00 bits per heavy atom. The van der Waals surface area contributed by atoms with Crippen LogP contribution in [0, 0.1) is 0 Å². The molecule has 5 N–H and O–H groups in total. The summed E-state index contributed by atoms with van der Waals surface area (Å²) in [5.74, 6) is 0.133. The highest BCUT2D eigenvalue weighted by molar-refractivity contribution is 6.03. The topological polar surface area (TPSA) is 113 Å². The number of rotatable bonds is 4. The van der Waals surface area contributed by atoms with E-state index in [-0.39, 0.29) is 5.91 Å². The molecule has 98 valence electrons. The second kappa shape index (κ2) is 5.67. The lowest BCUT2D eigenvalue weighted by Crippen LogP contribution is -2.28. The molecule has 0 unspecified atom stereocenters. The van der Waals surface area contributed by atoms with Crippen molar-refractivity contribution in [3.63, 3.8) is 0 Å². The van der Waals surface area contributed by atoms with E-state index < -0.39 is 6.03 Å². The Hall–Kier alpha value is -2.83. The molecule has 0 bridgehead atoms. The number of urea groups is 1. The molecule has 2 aromatic rings. The second-order valence-electron chi connectivity index (χ2n) is 3.81. The highest BCUT2D eigenvalue weighted by Crippen LogP contribution is 2.06. The number of hydrogen-bond donors (Lipinski definition) is 4. The number of anilines is 1. The maximum Gasteiger partial charge on any atom is 0.312 e. The Morgan fingerprint density at radius 1 is 1.26 bits per heavy atom. The van der Waals surface area contributed by atoms with Crippen molar-refractivity contribution in [2.45, 2.75) is 6.54 Å². The molecule has 0 saturated carbocycles. The quantitative estimate of drug-likeness (QED) is 0.652. The van der Waals surface area contributed by atoms with Gasteiger partial charge >= 0.3 is 6.03 Å². The average Bonchev–Trinajstić information content (AvgIpc) is 2.89. The lowest BCUT2D eigenvalue weighted by Gasteiger charge is -2.04. The van der Waals surface area contributed by atoms with Crippen LogP contribution < -0.4 is 16.4 Å². The summed E-state index contributed by atoms with van der Waals surface area (Å²) in [5, 5.41) is 5.08. The van der Waals surface area contributed by atoms with Crippen LogP contribution in [0.1, 0.15) is 15.9 Å². The van der Waals surface area contributed by atoms with E-state index in [1.54, 1.807) is 36.7 Å². The number of aromatic nitrogens is 2. The van der Waals surface area contributed by atoms with Crippen molar-refractivity contribution < 1.29 is 9.59 Å². The van der Waals surface area contributed by atoms with Crippen LogP contribution in [0.25, 0.3) is 0 Å². The van der Waals surface area contributed by atoms with E-state index in [0.29, 0.717) is 18.1 Å². The fraction of sp³-hybridized carbons (Fsp3) is 0.0833. The van der Waals surface area contributed by atoms with Gasteiger partial charge in [0.2, 0.25) is 5.95 Å². The van der Waals surface area contributed by atoms with Gasteiger partial charge in [0.25, 0.3) is 5.91 Å². The summed E-state index contributed by atoms with van der Waals surface area (Å²) < 4.78 is 0. The summed E-state index contributed by atoms with van der Waals surface area (Å²) in [6.07, 6.45) is 3.17. The number of imidazole rings is 1. The molecule has 0 fully saturated rings. The normalized spacial score (nSPS) is 9.89. The smallest absolute Gasteiger partial charge is 0.312 e. The third-order valence-corrected chi connectivity index (χ3v) is 2.41. The Morgan fingerprint density at radius 3 is 2.58 bits per heavy atom. The number of hydrogen-bond acceptors (Lipinski definition) is 3. The molecule has 0 aliphatic rings. The van der Waals surface area contributed by atoms with E-state index in [1.165, 1.54) is 0 Å². The molecule has 0 radical (unpaired) electrons. The third-order valence-electron chi connectivity index (χ3n) is 2.41. The zero-order valence-electron chi connectivity index (χ0n) is 10.0. The third kappa shape index (κ3) is 3.56. The van der Waals surface area contributed by atoms with Gasteiger partial charge in [-0.3, -0.25) is 10.1 Å². The summed E-state index contributed by atoms with van der Waals surface area (Å²) in [4.78, 5) is 29.1. The number of aromatic amines is 1. The van der Waals surface area contributed by atoms with Crippen molar-refractivity contribution >= 4 is 17.9 Å². The van der Waals surface area contributed by atoms with Gasteiger partial charge in [-0.15, -0.1) is 0 Å². The standard InChI is InChI=1S/C12H13N5O2/c13-11(19)16-7-8-1-3-9(4-2-8)10(18)17-12-14-5-6-15-12/h1-6H,7H2,(H3,13,16,19)(H2,14,15,17,18). The highest BCUT2D eigenvalue weighted by Gasteiger charge is 2.07. The highest BCUT2D eigenvalue weighted by atomic mass is 16.2. The maximum absolute atomic E-state index is 11.8. The van der Waals surface area contributed by atoms with Crippen LogP contribution in [-0.4, -0.2) is 21.9 Å². The first-order valence-corrected chi connectivity index (χ1v) is 5.58. The largest absolute Gasteiger partial charge is 0.352 e. The van der Waals surface area contributed by atoms with Crippen molar-refractivity contribution in [3.8, 4) is 0 Å². The Bertz CT molecular complexity index is 562. The van der Waals surface area contributed by atoms with Crippen LogP contribution in [0.4, 0.5) is 10.7 Å². The van der Waals surface area contributed by atoms with E-state index in [4.69, 9.17) is 5.73 Å². The van der Waals surface area contributed by atoms with Crippen LogP contribution in [0.2, 0.25) is 0 Å². The molecule has 2 rings (SSSR count). The number of benzene rings is 1. The molecule has 0 saturated heterocycles. The van der Waals surface area contributed by atoms with Crippen molar-refractivity contribution in [2.24, 2.45) is 5.73 Å². The molecule has 0 spiro atoms. The second-order valence-corrected chi connectivity index (χ2v) is 3.81. The first-order chi connectivity index (χ1) is 9.15. The Labute approximate surface area is 109 Å². The maximum atomic E-state index is 11.8. The van der Waals surface area contributed by atoms with Crippen molar-refractivity contribution in [3.05, 3.63) is 47.8 Å². The molecular weight excluding hydrogens is 246 g/mol. The first-order valence-electron chi connectivity index (χ1n) is 5.58. The summed E-state index contributed by atoms with van der Waals surface area (Å²) >= 11 is 0. The zero-order valence-corrected chi connectivity index (χ0v) is 10.0. The van der Waals surface area contributed by atoms with Gasteiger partial charge in [-0.2, -0.15) is 0 Å². The van der Waals surface area contributed by atoms with Crippen molar-refractivity contribution in [2.75, 3.05) is 5.32 Å². The van der Waals surface area contributed by atoms with Gasteiger partial charge in [-0.25, -0.2) is 9.78 Å². The predicted octanol–water partition coefficient (Wildman–Crippen LogP) is 0.830. The molecule has 3 amide bonds. The number of amides is 3. The van der Waals surface area contributed by atoms with E-state index in [2.05, 4.69) is 20.6 Å². The number of nitrogens with zero attached hydrogens (tertiary/aromatic N) is 1. The minimum Gasteiger partial charge on any atom is -0.352 e. The lowest BCUT2D eigenvalue weighted by molar-refractivity contribution is 0.102. The molecular formula is C12H13N5O2. The van der Waals surface area contributed by atoms with Gasteiger partial charge in [0.15, 0.2) is 0 Å². The fourth-order valence-corrected chi connectivity index (χ4v) is 1.48. The van der Waals surface area contributed by atoms with Crippen LogP contribution in [-0.2, 0) is 6.54 Å². The van der Waals surface area contributed by atoms with Crippen LogP contribution in [0.15, 0.2) is 36.7 Å². The molecule has 1 aromatic carbocycles. The lowest BCUT2D eigenvalue weighted by atomic mass is 10.1. The van der Waals surface area contributed by atoms with E-state index in [0.717, 1.165) is 5.56 Å². The van der Waals surface area contributed by atoms with E-state index in [9.17, 15) is 9.59 Å². The van der Waals surface area contributed by atoms with Gasteiger partial charge in [-0.1, -0.05) is 12.1 Å². The predicted molar refractivity (Wildman–Crippen MR) is 69.4 cm³/mol. The minimum absolute atomic E-state index is 0.260. The SMILES string of the molecule is NC(=O)NCc1ccc(C(=O)Nc2ncc[nH]2)cc1. The number of carbonyl (C=O) groups excluding carboxylic acids is 2. The van der Waals surface area contributed by atoms with Crippen LogP contribution in [0.3, 0.4) is 0 Å². The molecule has 0 aliphatic heterocycles. The van der Waals surface area contributed by atoms with E-state index >= 15 is 0 Å². The minimum atomic E-state index is -0.584. The fourth-order valence-electron chi connectivity index (χ4n) is 1.48. The number of carbonyl (C=O) groups is 2. The number of primary amides is 1. The number of nitrogens with one attached hydrogen (secondary N) is 3. The molecule has 1 heterocycles. The summed E-state index contributed by atoms with van der Waals surface area (Å²) in [5.41, 5.74) is 6.32. The molecule has 0 atom stereocenters. The average molecular weight is 259 g/mol. The monoisotopic (exact) mass is 259 g/mol. The van der Waals surface area contributed by atoms with E-state index in [1.807, 2.05) is 0 Å². The summed E-state index contributed by atoms with van der Waals surface area (Å²) in [7, 11) is 0. The summed E-state index contributed by atoms with van der Waals surface area (Å²) in [6, 6.07) is 6.23. The van der Waals surface area contributed by atoms with Crippen LogP contribution in [0.5, 0.6) is 0 Å². The van der Waals surface area contributed by atoms with Gasteiger partial charge in [0.1, 0.15) is 0 Å². The van der Waals surface area contributed by atoms with Gasteiger partial charge < -0.3 is 16.0 Å². The Balaban J connectivity index is 1.97. The van der Waals surface area contributed by atoms with Crippen molar-refractivity contribution in [1.29, 1.82) is 0 Å². The van der Waals surface area contributed by atoms with Gasteiger partial charge in [-0.05, 0) is 17.7 Å². The summed E-state index contributed by atoms with van der Waals surface area (Å²) in [6.45, 7) is 0.329. The number of H-pyrrole nitrogens is 1. The molecule has 7 heteroatoms. The zero-order chi connectivity index (χ0) is 13.7.